The number of hydrogen-bond donors (Lipinski definition) is 2. The van der Waals surface area contributed by atoms with Crippen molar-refractivity contribution in [2.75, 3.05) is 12.8 Å². The van der Waals surface area contributed by atoms with Crippen LogP contribution in [0.2, 0.25) is 0 Å². The van der Waals surface area contributed by atoms with Gasteiger partial charge in [-0.15, -0.1) is 0 Å². The zero-order valence-corrected chi connectivity index (χ0v) is 12.5. The van der Waals surface area contributed by atoms with Crippen LogP contribution in [0, 0.1) is 0 Å². The summed E-state index contributed by atoms with van der Waals surface area (Å²) in [6, 6.07) is 2.97. The Morgan fingerprint density at radius 2 is 2.33 bits per heavy atom. The minimum Gasteiger partial charge on any atom is -0.388 e. The molecule has 8 heteroatoms. The number of nitrogens with zero attached hydrogens (tertiary/aromatic N) is 1. The largest absolute Gasteiger partial charge is 0.388 e. The van der Waals surface area contributed by atoms with Gasteiger partial charge >= 0.3 is 0 Å². The van der Waals surface area contributed by atoms with E-state index in [2.05, 4.69) is 9.71 Å². The number of pyridine rings is 1. The first-order valence-electron chi connectivity index (χ1n) is 5.15. The summed E-state index contributed by atoms with van der Waals surface area (Å²) in [5.74, 6) is 0. The van der Waals surface area contributed by atoms with Crippen molar-refractivity contribution in [2.24, 2.45) is 5.73 Å². The fourth-order valence-electron chi connectivity index (χ4n) is 1.18. The van der Waals surface area contributed by atoms with E-state index in [9.17, 15) is 8.42 Å². The Bertz CT molecular complexity index is 531. The van der Waals surface area contributed by atoms with Gasteiger partial charge in [-0.1, -0.05) is 19.1 Å². The van der Waals surface area contributed by atoms with Gasteiger partial charge in [0.2, 0.25) is 10.0 Å². The van der Waals surface area contributed by atoms with E-state index in [-0.39, 0.29) is 20.8 Å². The molecule has 0 fully saturated rings. The second-order valence-corrected chi connectivity index (χ2v) is 7.06. The molecule has 5 nitrogen and oxygen atoms in total. The molecular formula is C10H15N3O2S3. The lowest BCUT2D eigenvalue weighted by atomic mass is 10.3. The Kier molecular flexibility index (Phi) is 5.51. The number of aromatic nitrogens is 1. The van der Waals surface area contributed by atoms with Gasteiger partial charge in [-0.2, -0.15) is 11.8 Å². The number of sulfonamides is 1. The van der Waals surface area contributed by atoms with E-state index in [4.69, 9.17) is 18.0 Å². The van der Waals surface area contributed by atoms with E-state index in [1.54, 1.807) is 11.8 Å². The van der Waals surface area contributed by atoms with Gasteiger partial charge in [0.1, 0.15) is 15.6 Å². The van der Waals surface area contributed by atoms with E-state index in [1.165, 1.54) is 18.3 Å². The summed E-state index contributed by atoms with van der Waals surface area (Å²) in [6.07, 6.45) is 3.38. The monoisotopic (exact) mass is 305 g/mol. The topological polar surface area (TPSA) is 85.1 Å². The van der Waals surface area contributed by atoms with Gasteiger partial charge < -0.3 is 5.73 Å². The van der Waals surface area contributed by atoms with Crippen LogP contribution in [-0.2, 0) is 10.0 Å². The van der Waals surface area contributed by atoms with Crippen LogP contribution in [0.3, 0.4) is 0 Å². The predicted octanol–water partition coefficient (Wildman–Crippen LogP) is 0.746. The van der Waals surface area contributed by atoms with Crippen LogP contribution >= 0.6 is 24.0 Å². The van der Waals surface area contributed by atoms with Crippen molar-refractivity contribution in [3.8, 4) is 0 Å². The molecule has 0 saturated heterocycles. The van der Waals surface area contributed by atoms with Crippen molar-refractivity contribution in [1.82, 2.24) is 9.71 Å². The second kappa shape index (κ2) is 6.46. The summed E-state index contributed by atoms with van der Waals surface area (Å²) < 4.78 is 26.7. The van der Waals surface area contributed by atoms with Gasteiger partial charge in [-0.25, -0.2) is 13.1 Å². The number of thiocarbonyl (C=S) groups is 1. The van der Waals surface area contributed by atoms with Crippen molar-refractivity contribution < 1.29 is 8.42 Å². The molecule has 1 heterocycles. The Morgan fingerprint density at radius 3 is 2.89 bits per heavy atom. The van der Waals surface area contributed by atoms with Gasteiger partial charge in [0, 0.05) is 18.0 Å². The standard InChI is InChI=1S/C10H15N3O2S3/c1-7(17-2)6-13-18(14,15)8-4-3-5-12-9(8)10(11)16/h3-5,7,13H,6H2,1-2H3,(H2,11,16). The average Bonchev–Trinajstić information content (AvgIpc) is 2.36. The average molecular weight is 305 g/mol. The first-order valence-corrected chi connectivity index (χ1v) is 8.33. The van der Waals surface area contributed by atoms with Crippen LogP contribution in [-0.4, -0.2) is 36.4 Å². The molecule has 0 radical (unpaired) electrons. The maximum atomic E-state index is 12.1. The lowest BCUT2D eigenvalue weighted by Crippen LogP contribution is -2.31. The molecule has 0 saturated carbocycles. The second-order valence-electron chi connectivity index (χ2n) is 3.61. The lowest BCUT2D eigenvalue weighted by Gasteiger charge is -2.12. The maximum absolute atomic E-state index is 12.1. The minimum absolute atomic E-state index is 0.0193. The molecule has 1 rings (SSSR count). The van der Waals surface area contributed by atoms with Crippen LogP contribution < -0.4 is 10.5 Å². The van der Waals surface area contributed by atoms with Crippen LogP contribution in [0.25, 0.3) is 0 Å². The van der Waals surface area contributed by atoms with Gasteiger partial charge in [-0.3, -0.25) is 4.98 Å². The summed E-state index contributed by atoms with van der Waals surface area (Å²) in [4.78, 5) is 3.89. The number of nitrogens with two attached hydrogens (primary N) is 1. The normalized spacial score (nSPS) is 13.2. The minimum atomic E-state index is -3.63. The quantitative estimate of drug-likeness (QED) is 0.754. The number of rotatable bonds is 6. The van der Waals surface area contributed by atoms with Gasteiger partial charge in [-0.05, 0) is 18.4 Å². The van der Waals surface area contributed by atoms with Gasteiger partial charge in [0.25, 0.3) is 0 Å². The summed E-state index contributed by atoms with van der Waals surface area (Å²) in [7, 11) is -3.63. The lowest BCUT2D eigenvalue weighted by molar-refractivity contribution is 0.581. The number of hydrogen-bond acceptors (Lipinski definition) is 5. The third-order valence-electron chi connectivity index (χ3n) is 2.26. The molecule has 0 aliphatic heterocycles. The molecule has 1 aromatic heterocycles. The zero-order chi connectivity index (χ0) is 13.8. The molecule has 1 atom stereocenters. The smallest absolute Gasteiger partial charge is 0.242 e. The fraction of sp³-hybridized carbons (Fsp3) is 0.400. The van der Waals surface area contributed by atoms with Crippen LogP contribution in [0.4, 0.5) is 0 Å². The van der Waals surface area contributed by atoms with Crippen LogP contribution in [0.15, 0.2) is 23.2 Å². The highest BCUT2D eigenvalue weighted by molar-refractivity contribution is 7.99. The molecule has 0 bridgehead atoms. The first-order chi connectivity index (χ1) is 8.38. The number of nitrogens with one attached hydrogen (secondary N) is 1. The van der Waals surface area contributed by atoms with Crippen molar-refractivity contribution in [3.63, 3.8) is 0 Å². The highest BCUT2D eigenvalue weighted by atomic mass is 32.2. The molecule has 0 aromatic carbocycles. The molecule has 0 aliphatic carbocycles. The first kappa shape index (κ1) is 15.4. The highest BCUT2D eigenvalue weighted by Crippen LogP contribution is 2.13. The van der Waals surface area contributed by atoms with Gasteiger partial charge in [0.15, 0.2) is 0 Å². The van der Waals surface area contributed by atoms with E-state index in [0.29, 0.717) is 6.54 Å². The van der Waals surface area contributed by atoms with Crippen LogP contribution in [0.5, 0.6) is 0 Å². The highest BCUT2D eigenvalue weighted by Gasteiger charge is 2.20. The third-order valence-corrected chi connectivity index (χ3v) is 4.88. The van der Waals surface area contributed by atoms with E-state index < -0.39 is 10.0 Å². The van der Waals surface area contributed by atoms with Crippen molar-refractivity contribution >= 4 is 39.0 Å². The van der Waals surface area contributed by atoms with E-state index in [1.807, 2.05) is 13.2 Å². The Labute approximate surface area is 117 Å². The summed E-state index contributed by atoms with van der Waals surface area (Å²) >= 11 is 6.37. The molecular weight excluding hydrogens is 290 g/mol. The molecule has 100 valence electrons. The summed E-state index contributed by atoms with van der Waals surface area (Å²) in [5, 5.41) is 0.185. The molecule has 18 heavy (non-hydrogen) atoms. The number of thioether (sulfide) groups is 1. The molecule has 0 spiro atoms. The van der Waals surface area contributed by atoms with Crippen LogP contribution in [0.1, 0.15) is 12.6 Å². The molecule has 0 amide bonds. The summed E-state index contributed by atoms with van der Waals surface area (Å²) in [5.41, 5.74) is 5.59. The van der Waals surface area contributed by atoms with Gasteiger partial charge in [0.05, 0.1) is 0 Å². The zero-order valence-electron chi connectivity index (χ0n) is 10.1. The Morgan fingerprint density at radius 1 is 1.67 bits per heavy atom. The fourth-order valence-corrected chi connectivity index (χ4v) is 3.06. The van der Waals surface area contributed by atoms with Crippen molar-refractivity contribution in [3.05, 3.63) is 24.0 Å². The Balaban J connectivity index is 3.02. The molecule has 1 aromatic rings. The van der Waals surface area contributed by atoms with Crippen molar-refractivity contribution in [1.29, 1.82) is 0 Å². The molecule has 3 N–H and O–H groups in total. The van der Waals surface area contributed by atoms with E-state index in [0.717, 1.165) is 0 Å². The maximum Gasteiger partial charge on any atom is 0.242 e. The molecule has 0 aliphatic rings. The predicted molar refractivity (Wildman–Crippen MR) is 78.3 cm³/mol. The SMILES string of the molecule is CSC(C)CNS(=O)(=O)c1cccnc1C(N)=S. The van der Waals surface area contributed by atoms with Crippen molar-refractivity contribution in [2.45, 2.75) is 17.1 Å². The Hall–Kier alpha value is -0.700. The van der Waals surface area contributed by atoms with E-state index >= 15 is 0 Å². The molecule has 1 unspecified atom stereocenters. The third kappa shape index (κ3) is 3.91. The summed E-state index contributed by atoms with van der Waals surface area (Å²) in [6.45, 7) is 2.28.